The highest BCUT2D eigenvalue weighted by Gasteiger charge is 2.64. The fourth-order valence-corrected chi connectivity index (χ4v) is 6.85. The molecule has 0 radical (unpaired) electrons. The number of nitrogens with one attached hydrogen (secondary N) is 1. The average Bonchev–Trinajstić information content (AvgIpc) is 3.32. The molecule has 3 fully saturated rings. The summed E-state index contributed by atoms with van der Waals surface area (Å²) in [4.78, 5) is 41.6. The highest BCUT2D eigenvalue weighted by Crippen LogP contribution is 2.64. The molecule has 1 aromatic carbocycles. The Morgan fingerprint density at radius 2 is 1.76 bits per heavy atom. The molecule has 0 aromatic heterocycles. The summed E-state index contributed by atoms with van der Waals surface area (Å²) in [5, 5.41) is 19.6. The lowest BCUT2D eigenvalue weighted by Gasteiger charge is -2.44. The topological polar surface area (TPSA) is 110 Å². The predicted octanol–water partition coefficient (Wildman–Crippen LogP) is 3.37. The number of amides is 3. The standard InChI is InChI=1S/C26H33N3O5/c30-23(27-34)20-13-26(14-21(26)18-9-5-2-6-10-18)16-29(25(32)33)22(20)24(31)28-12-11-19(15-28)17-7-3-1-4-8-17/h1,3-4,7-8,11,18,20-22,34H,2,5-6,9-10,12-16H2,(H,27,30)(H,32,33)/t20-,21?,22-,26?/m0/s1. The number of rotatable bonds is 4. The highest BCUT2D eigenvalue weighted by molar-refractivity contribution is 5.94. The number of nitrogens with zero attached hydrogens (tertiary/aromatic N) is 2. The molecule has 2 aliphatic carbocycles. The van der Waals surface area contributed by atoms with Gasteiger partial charge >= 0.3 is 6.09 Å². The number of likely N-dealkylation sites (tertiary alicyclic amines) is 1. The second-order valence-electron chi connectivity index (χ2n) is 10.5. The van der Waals surface area contributed by atoms with Crippen LogP contribution in [-0.4, -0.2) is 63.7 Å². The average molecular weight is 468 g/mol. The smallest absolute Gasteiger partial charge is 0.408 e. The number of carboxylic acid groups (broad SMARTS) is 1. The highest BCUT2D eigenvalue weighted by atomic mass is 16.5. The lowest BCUT2D eigenvalue weighted by molar-refractivity contribution is -0.149. The van der Waals surface area contributed by atoms with Crippen molar-refractivity contribution in [1.29, 1.82) is 0 Å². The van der Waals surface area contributed by atoms with E-state index in [-0.39, 0.29) is 17.9 Å². The van der Waals surface area contributed by atoms with Gasteiger partial charge in [-0.05, 0) is 41.2 Å². The molecule has 2 unspecified atom stereocenters. The van der Waals surface area contributed by atoms with Crippen molar-refractivity contribution in [2.75, 3.05) is 19.6 Å². The molecule has 4 aliphatic rings. The van der Waals surface area contributed by atoms with Gasteiger partial charge in [0, 0.05) is 19.6 Å². The van der Waals surface area contributed by atoms with Crippen molar-refractivity contribution in [3.8, 4) is 0 Å². The molecule has 0 bridgehead atoms. The van der Waals surface area contributed by atoms with Crippen molar-refractivity contribution in [2.24, 2.45) is 23.2 Å². The molecule has 2 saturated carbocycles. The SMILES string of the molecule is O=C(NO)[C@H]1CC2(CC2C2CCCCC2)CN(C(=O)O)[C@@H]1C(=O)N1CC=C(c2ccccc2)C1. The van der Waals surface area contributed by atoms with E-state index >= 15 is 0 Å². The lowest BCUT2D eigenvalue weighted by Crippen LogP contribution is -2.61. The van der Waals surface area contributed by atoms with Gasteiger partial charge in [-0.3, -0.25) is 19.7 Å². The van der Waals surface area contributed by atoms with Gasteiger partial charge in [0.05, 0.1) is 5.92 Å². The van der Waals surface area contributed by atoms with Crippen LogP contribution in [0.15, 0.2) is 36.4 Å². The zero-order valence-electron chi connectivity index (χ0n) is 19.4. The number of carbonyl (C=O) groups excluding carboxylic acids is 2. The Bertz CT molecular complexity index is 989. The molecule has 2 aliphatic heterocycles. The largest absolute Gasteiger partial charge is 0.465 e. The Hall–Kier alpha value is -2.87. The Balaban J connectivity index is 1.37. The molecule has 5 rings (SSSR count). The summed E-state index contributed by atoms with van der Waals surface area (Å²) in [6.07, 6.45) is 8.08. The van der Waals surface area contributed by atoms with E-state index in [1.807, 2.05) is 36.4 Å². The van der Waals surface area contributed by atoms with Gasteiger partial charge in [-0.15, -0.1) is 0 Å². The Labute approximate surface area is 199 Å². The van der Waals surface area contributed by atoms with Gasteiger partial charge in [0.2, 0.25) is 11.8 Å². The normalized spacial score (nSPS) is 31.3. The zero-order chi connectivity index (χ0) is 23.9. The molecule has 8 heteroatoms. The minimum atomic E-state index is -1.18. The monoisotopic (exact) mass is 467 g/mol. The third kappa shape index (κ3) is 4.08. The van der Waals surface area contributed by atoms with Crippen molar-refractivity contribution in [2.45, 2.75) is 51.0 Å². The van der Waals surface area contributed by atoms with Crippen LogP contribution in [0.5, 0.6) is 0 Å². The van der Waals surface area contributed by atoms with Crippen molar-refractivity contribution >= 4 is 23.5 Å². The first kappa shape index (κ1) is 22.9. The molecule has 182 valence electrons. The third-order valence-corrected chi connectivity index (χ3v) is 8.62. The van der Waals surface area contributed by atoms with Crippen LogP contribution >= 0.6 is 0 Å². The summed E-state index contributed by atoms with van der Waals surface area (Å²) in [6, 6.07) is 8.64. The number of carbonyl (C=O) groups is 3. The molecule has 1 saturated heterocycles. The summed E-state index contributed by atoms with van der Waals surface area (Å²) >= 11 is 0. The Kier molecular flexibility index (Phi) is 6.10. The Morgan fingerprint density at radius 3 is 2.44 bits per heavy atom. The predicted molar refractivity (Wildman–Crippen MR) is 125 cm³/mol. The van der Waals surface area contributed by atoms with Gasteiger partial charge in [0.15, 0.2) is 0 Å². The fraction of sp³-hybridized carbons (Fsp3) is 0.577. The van der Waals surface area contributed by atoms with Crippen molar-refractivity contribution < 1.29 is 24.7 Å². The van der Waals surface area contributed by atoms with Gasteiger partial charge in [0.25, 0.3) is 0 Å². The fourth-order valence-electron chi connectivity index (χ4n) is 6.85. The summed E-state index contributed by atoms with van der Waals surface area (Å²) < 4.78 is 0. The molecule has 1 spiro atoms. The molecular formula is C26H33N3O5. The van der Waals surface area contributed by atoms with Crippen LogP contribution in [0.2, 0.25) is 0 Å². The number of benzene rings is 1. The van der Waals surface area contributed by atoms with Crippen LogP contribution in [-0.2, 0) is 9.59 Å². The molecule has 4 atom stereocenters. The Morgan fingerprint density at radius 1 is 1.03 bits per heavy atom. The summed E-state index contributed by atoms with van der Waals surface area (Å²) in [6.45, 7) is 1.02. The van der Waals surface area contributed by atoms with Crippen LogP contribution in [0, 0.1) is 23.2 Å². The van der Waals surface area contributed by atoms with E-state index in [9.17, 15) is 24.7 Å². The van der Waals surface area contributed by atoms with Crippen LogP contribution in [0.3, 0.4) is 0 Å². The van der Waals surface area contributed by atoms with Crippen LogP contribution < -0.4 is 5.48 Å². The number of hydrogen-bond acceptors (Lipinski definition) is 4. The van der Waals surface area contributed by atoms with Crippen LogP contribution in [0.1, 0.15) is 50.5 Å². The second kappa shape index (κ2) is 9.06. The number of piperidine rings is 1. The molecule has 34 heavy (non-hydrogen) atoms. The van der Waals surface area contributed by atoms with Crippen LogP contribution in [0.25, 0.3) is 5.57 Å². The lowest BCUT2D eigenvalue weighted by atomic mass is 9.75. The van der Waals surface area contributed by atoms with Crippen molar-refractivity contribution in [3.05, 3.63) is 42.0 Å². The van der Waals surface area contributed by atoms with Gasteiger partial charge in [-0.2, -0.15) is 0 Å². The van der Waals surface area contributed by atoms with Gasteiger partial charge < -0.3 is 10.0 Å². The van der Waals surface area contributed by atoms with E-state index in [4.69, 9.17) is 0 Å². The molecule has 3 N–H and O–H groups in total. The van der Waals surface area contributed by atoms with E-state index in [1.165, 1.54) is 24.2 Å². The molecule has 3 amide bonds. The van der Waals surface area contributed by atoms with Gasteiger partial charge in [-0.1, -0.05) is 68.5 Å². The van der Waals surface area contributed by atoms with Crippen molar-refractivity contribution in [1.82, 2.24) is 15.3 Å². The minimum Gasteiger partial charge on any atom is -0.465 e. The van der Waals surface area contributed by atoms with E-state index < -0.39 is 24.0 Å². The first-order valence-electron chi connectivity index (χ1n) is 12.4. The van der Waals surface area contributed by atoms with Gasteiger partial charge in [-0.25, -0.2) is 10.3 Å². The molecule has 2 heterocycles. The quantitative estimate of drug-likeness (QED) is 0.465. The van der Waals surface area contributed by atoms with E-state index in [0.717, 1.165) is 30.4 Å². The molecule has 1 aromatic rings. The number of hydrogen-bond donors (Lipinski definition) is 3. The summed E-state index contributed by atoms with van der Waals surface area (Å²) in [5.74, 6) is -1.00. The maximum absolute atomic E-state index is 13.7. The third-order valence-electron chi connectivity index (χ3n) is 8.62. The minimum absolute atomic E-state index is 0.271. The zero-order valence-corrected chi connectivity index (χ0v) is 19.4. The van der Waals surface area contributed by atoms with E-state index in [1.54, 1.807) is 10.4 Å². The van der Waals surface area contributed by atoms with Crippen LogP contribution in [0.4, 0.5) is 4.79 Å². The second-order valence-corrected chi connectivity index (χ2v) is 10.5. The number of hydroxylamine groups is 1. The van der Waals surface area contributed by atoms with E-state index in [2.05, 4.69) is 0 Å². The first-order valence-corrected chi connectivity index (χ1v) is 12.4. The summed E-state index contributed by atoms with van der Waals surface area (Å²) in [5.41, 5.74) is 3.48. The molecule has 8 nitrogen and oxygen atoms in total. The van der Waals surface area contributed by atoms with Gasteiger partial charge in [0.1, 0.15) is 6.04 Å². The molecular weight excluding hydrogens is 434 g/mol. The first-order chi connectivity index (χ1) is 16.4. The summed E-state index contributed by atoms with van der Waals surface area (Å²) in [7, 11) is 0. The van der Waals surface area contributed by atoms with E-state index in [0.29, 0.717) is 31.3 Å². The maximum Gasteiger partial charge on any atom is 0.408 e. The van der Waals surface area contributed by atoms with Crippen molar-refractivity contribution in [3.63, 3.8) is 0 Å². The maximum atomic E-state index is 13.7.